The topological polar surface area (TPSA) is 68.6 Å². The Kier molecular flexibility index (Phi) is 6.82. The van der Waals surface area contributed by atoms with Gasteiger partial charge in [-0.2, -0.15) is 5.10 Å². The second-order valence-corrected chi connectivity index (χ2v) is 7.92. The summed E-state index contributed by atoms with van der Waals surface area (Å²) in [6, 6.07) is 10.1. The second-order valence-electron chi connectivity index (χ2n) is 7.54. The van der Waals surface area contributed by atoms with Crippen molar-refractivity contribution < 1.29 is 9.47 Å². The van der Waals surface area contributed by atoms with E-state index in [1.807, 2.05) is 30.3 Å². The van der Waals surface area contributed by atoms with Crippen LogP contribution < -0.4 is 10.9 Å². The molecular weight excluding hydrogens is 392 g/mol. The lowest BCUT2D eigenvalue weighted by atomic mass is 9.97. The number of morpholine rings is 1. The van der Waals surface area contributed by atoms with Crippen molar-refractivity contribution in [2.75, 3.05) is 51.4 Å². The Hall–Kier alpha value is -1.93. The molecule has 0 saturated carbocycles. The molecule has 0 radical (unpaired) electrons. The summed E-state index contributed by atoms with van der Waals surface area (Å²) in [5.74, 6) is 0.464. The Morgan fingerprint density at radius 1 is 1.17 bits per heavy atom. The molecule has 1 N–H and O–H groups in total. The predicted molar refractivity (Wildman–Crippen MR) is 113 cm³/mol. The quantitative estimate of drug-likeness (QED) is 0.742. The fraction of sp³-hybridized carbons (Fsp3) is 0.524. The van der Waals surface area contributed by atoms with Crippen LogP contribution in [0.3, 0.4) is 0 Å². The van der Waals surface area contributed by atoms with Crippen LogP contribution >= 0.6 is 11.6 Å². The van der Waals surface area contributed by atoms with Crippen molar-refractivity contribution in [3.63, 3.8) is 0 Å². The van der Waals surface area contributed by atoms with Crippen LogP contribution in [0, 0.1) is 5.92 Å². The largest absolute Gasteiger partial charge is 0.381 e. The first-order chi connectivity index (χ1) is 14.2. The zero-order valence-electron chi connectivity index (χ0n) is 16.4. The summed E-state index contributed by atoms with van der Waals surface area (Å²) in [7, 11) is 0. The van der Waals surface area contributed by atoms with Crippen molar-refractivity contribution in [1.82, 2.24) is 14.7 Å². The molecule has 7 nitrogen and oxygen atoms in total. The standard InChI is InChI=1S/C21H27ClN4O3/c22-20-18(12-24-26(21(20)27)14-16-4-2-1-3-5-16)23-13-19(17-6-9-29-15-17)25-7-10-28-11-8-25/h1-5,12,17,19,23H,6-11,13-15H2/t17-,19-/m0/s1. The van der Waals surface area contributed by atoms with Gasteiger partial charge in [0.15, 0.2) is 0 Å². The molecular formula is C21H27ClN4O3. The van der Waals surface area contributed by atoms with Gasteiger partial charge >= 0.3 is 0 Å². The molecule has 0 amide bonds. The van der Waals surface area contributed by atoms with Crippen molar-refractivity contribution in [2.45, 2.75) is 19.0 Å². The molecule has 1 aromatic carbocycles. The van der Waals surface area contributed by atoms with Gasteiger partial charge in [0, 0.05) is 38.2 Å². The molecule has 2 aliphatic heterocycles. The number of nitrogens with one attached hydrogen (secondary N) is 1. The Balaban J connectivity index is 1.46. The van der Waals surface area contributed by atoms with Crippen molar-refractivity contribution in [3.05, 3.63) is 57.5 Å². The van der Waals surface area contributed by atoms with Crippen molar-refractivity contribution in [1.29, 1.82) is 0 Å². The van der Waals surface area contributed by atoms with E-state index in [9.17, 15) is 4.79 Å². The van der Waals surface area contributed by atoms with Gasteiger partial charge in [-0.1, -0.05) is 41.9 Å². The number of ether oxygens (including phenoxy) is 2. The zero-order valence-corrected chi connectivity index (χ0v) is 17.2. The first-order valence-corrected chi connectivity index (χ1v) is 10.5. The molecule has 2 fully saturated rings. The summed E-state index contributed by atoms with van der Waals surface area (Å²) in [6.45, 7) is 6.00. The van der Waals surface area contributed by atoms with Gasteiger partial charge < -0.3 is 14.8 Å². The van der Waals surface area contributed by atoms with E-state index in [0.717, 1.165) is 51.5 Å². The van der Waals surface area contributed by atoms with Gasteiger partial charge in [-0.3, -0.25) is 9.69 Å². The summed E-state index contributed by atoms with van der Waals surface area (Å²) in [6.07, 6.45) is 2.70. The van der Waals surface area contributed by atoms with E-state index in [4.69, 9.17) is 21.1 Å². The van der Waals surface area contributed by atoms with E-state index in [-0.39, 0.29) is 10.6 Å². The Bertz CT molecular complexity index is 849. The summed E-state index contributed by atoms with van der Waals surface area (Å²) in [5, 5.41) is 7.87. The highest BCUT2D eigenvalue weighted by atomic mass is 35.5. The maximum atomic E-state index is 12.7. The molecule has 0 spiro atoms. The molecule has 0 aliphatic carbocycles. The summed E-state index contributed by atoms with van der Waals surface area (Å²) in [4.78, 5) is 15.1. The van der Waals surface area contributed by atoms with E-state index in [2.05, 4.69) is 15.3 Å². The molecule has 2 aromatic rings. The molecule has 8 heteroatoms. The maximum absolute atomic E-state index is 12.7. The fourth-order valence-corrected chi connectivity index (χ4v) is 4.24. The van der Waals surface area contributed by atoms with E-state index in [0.29, 0.717) is 30.7 Å². The van der Waals surface area contributed by atoms with Crippen molar-refractivity contribution in [2.24, 2.45) is 5.92 Å². The van der Waals surface area contributed by atoms with E-state index < -0.39 is 0 Å². The van der Waals surface area contributed by atoms with Crippen LogP contribution in [0.4, 0.5) is 5.69 Å². The average molecular weight is 419 g/mol. The predicted octanol–water partition coefficient (Wildman–Crippen LogP) is 2.09. The monoisotopic (exact) mass is 418 g/mol. The van der Waals surface area contributed by atoms with Crippen LogP contribution in [-0.2, 0) is 16.0 Å². The SMILES string of the molecule is O=c1c(Cl)c(NC[C@@H]([C@H]2CCOC2)N2CCOCC2)cnn1Cc1ccccc1. The Labute approximate surface area is 175 Å². The lowest BCUT2D eigenvalue weighted by Crippen LogP contribution is -2.50. The molecule has 4 rings (SSSR count). The zero-order chi connectivity index (χ0) is 20.1. The van der Waals surface area contributed by atoms with E-state index >= 15 is 0 Å². The summed E-state index contributed by atoms with van der Waals surface area (Å²) in [5.41, 5.74) is 1.30. The number of rotatable bonds is 7. The number of hydrogen-bond donors (Lipinski definition) is 1. The van der Waals surface area contributed by atoms with E-state index in [1.54, 1.807) is 6.20 Å². The fourth-order valence-electron chi connectivity index (χ4n) is 4.03. The number of halogens is 1. The Morgan fingerprint density at radius 3 is 2.69 bits per heavy atom. The maximum Gasteiger partial charge on any atom is 0.287 e. The van der Waals surface area contributed by atoms with E-state index in [1.165, 1.54) is 4.68 Å². The van der Waals surface area contributed by atoms with Crippen LogP contribution in [0.1, 0.15) is 12.0 Å². The highest BCUT2D eigenvalue weighted by Crippen LogP contribution is 2.24. The minimum atomic E-state index is -0.285. The number of nitrogens with zero attached hydrogens (tertiary/aromatic N) is 3. The number of anilines is 1. The molecule has 2 atom stereocenters. The third-order valence-corrected chi connectivity index (χ3v) is 6.05. The molecule has 3 heterocycles. The van der Waals surface area contributed by atoms with Gasteiger partial charge in [0.2, 0.25) is 0 Å². The molecule has 0 unspecified atom stereocenters. The van der Waals surface area contributed by atoms with Gasteiger partial charge in [0.25, 0.3) is 5.56 Å². The molecule has 0 bridgehead atoms. The van der Waals surface area contributed by atoms with Crippen LogP contribution in [0.15, 0.2) is 41.3 Å². The van der Waals surface area contributed by atoms with Crippen molar-refractivity contribution in [3.8, 4) is 0 Å². The second kappa shape index (κ2) is 9.71. The number of hydrogen-bond acceptors (Lipinski definition) is 6. The van der Waals surface area contributed by atoms with Gasteiger partial charge in [-0.15, -0.1) is 0 Å². The minimum absolute atomic E-state index is 0.180. The van der Waals surface area contributed by atoms with Crippen LogP contribution in [0.2, 0.25) is 5.02 Å². The average Bonchev–Trinajstić information content (AvgIpc) is 3.29. The highest BCUT2D eigenvalue weighted by molar-refractivity contribution is 6.32. The van der Waals surface area contributed by atoms with Crippen LogP contribution in [0.5, 0.6) is 0 Å². The molecule has 2 aliphatic rings. The molecule has 156 valence electrons. The highest BCUT2D eigenvalue weighted by Gasteiger charge is 2.31. The number of aromatic nitrogens is 2. The van der Waals surface area contributed by atoms with Crippen molar-refractivity contribution >= 4 is 17.3 Å². The van der Waals surface area contributed by atoms with Gasteiger partial charge in [0.1, 0.15) is 5.02 Å². The summed E-state index contributed by atoms with van der Waals surface area (Å²) >= 11 is 6.40. The smallest absolute Gasteiger partial charge is 0.287 e. The van der Waals surface area contributed by atoms with Gasteiger partial charge in [-0.25, -0.2) is 4.68 Å². The molecule has 1 aromatic heterocycles. The Morgan fingerprint density at radius 2 is 1.97 bits per heavy atom. The third-order valence-electron chi connectivity index (χ3n) is 5.69. The lowest BCUT2D eigenvalue weighted by molar-refractivity contribution is 0.00461. The van der Waals surface area contributed by atoms with Gasteiger partial charge in [0.05, 0.1) is 38.2 Å². The molecule has 2 saturated heterocycles. The summed E-state index contributed by atoms with van der Waals surface area (Å²) < 4.78 is 12.5. The first kappa shape index (κ1) is 20.3. The number of benzene rings is 1. The normalized spacial score (nSPS) is 21.2. The van der Waals surface area contributed by atoms with Crippen LogP contribution in [0.25, 0.3) is 0 Å². The van der Waals surface area contributed by atoms with Crippen LogP contribution in [-0.4, -0.2) is 66.8 Å². The van der Waals surface area contributed by atoms with Gasteiger partial charge in [-0.05, 0) is 12.0 Å². The molecule has 29 heavy (non-hydrogen) atoms. The third kappa shape index (κ3) is 4.98. The first-order valence-electron chi connectivity index (χ1n) is 10.2. The minimum Gasteiger partial charge on any atom is -0.381 e. The lowest BCUT2D eigenvalue weighted by Gasteiger charge is -2.37.